The van der Waals surface area contributed by atoms with Gasteiger partial charge >= 0.3 is 0 Å². The highest BCUT2D eigenvalue weighted by atomic mass is 28.4. The van der Waals surface area contributed by atoms with Crippen molar-refractivity contribution in [1.29, 1.82) is 0 Å². The SMILES string of the molecule is C[C@@H]1[C@@H](O)C[C@@]2(O[C@@H]([C@H]3CO3)[C@@H](O[Si](C)(C)C(C)(C)C)C2(C)C)O[C@@H]1CCOCc1ccccc1. The van der Waals surface area contributed by atoms with Gasteiger partial charge in [-0.2, -0.15) is 0 Å². The second-order valence-electron chi connectivity index (χ2n) is 12.8. The topological polar surface area (TPSA) is 69.7 Å². The monoisotopic (exact) mass is 506 g/mol. The van der Waals surface area contributed by atoms with E-state index in [0.29, 0.717) is 32.7 Å². The van der Waals surface area contributed by atoms with Crippen LogP contribution in [0.4, 0.5) is 0 Å². The van der Waals surface area contributed by atoms with Gasteiger partial charge < -0.3 is 28.5 Å². The molecule has 4 rings (SSSR count). The lowest BCUT2D eigenvalue weighted by atomic mass is 9.73. The minimum Gasteiger partial charge on any atom is -0.410 e. The first-order valence-electron chi connectivity index (χ1n) is 13.2. The van der Waals surface area contributed by atoms with E-state index in [1.807, 2.05) is 18.2 Å². The first-order chi connectivity index (χ1) is 16.3. The zero-order valence-corrected chi connectivity index (χ0v) is 23.9. The zero-order chi connectivity index (χ0) is 25.6. The van der Waals surface area contributed by atoms with Crippen LogP contribution in [0.5, 0.6) is 0 Å². The summed E-state index contributed by atoms with van der Waals surface area (Å²) in [6.07, 6.45) is 0.112. The number of hydrogen-bond acceptors (Lipinski definition) is 6. The average Bonchev–Trinajstić information content (AvgIpc) is 3.59. The molecule has 3 aliphatic rings. The molecule has 0 aromatic heterocycles. The molecule has 1 spiro atoms. The van der Waals surface area contributed by atoms with E-state index in [9.17, 15) is 5.11 Å². The molecule has 35 heavy (non-hydrogen) atoms. The molecule has 0 amide bonds. The number of hydrogen-bond donors (Lipinski definition) is 1. The number of benzene rings is 1. The Morgan fingerprint density at radius 1 is 1.11 bits per heavy atom. The van der Waals surface area contributed by atoms with Gasteiger partial charge in [0.15, 0.2) is 14.1 Å². The highest BCUT2D eigenvalue weighted by Crippen LogP contribution is 2.57. The van der Waals surface area contributed by atoms with Gasteiger partial charge in [0.05, 0.1) is 31.5 Å². The Hall–Kier alpha value is -0.803. The molecule has 0 aliphatic carbocycles. The lowest BCUT2D eigenvalue weighted by molar-refractivity contribution is -0.333. The summed E-state index contributed by atoms with van der Waals surface area (Å²) in [5, 5.41) is 11.2. The average molecular weight is 507 g/mol. The quantitative estimate of drug-likeness (QED) is 0.294. The fourth-order valence-electron chi connectivity index (χ4n) is 5.17. The number of aliphatic hydroxyl groups excluding tert-OH is 1. The van der Waals surface area contributed by atoms with Crippen LogP contribution < -0.4 is 0 Å². The van der Waals surface area contributed by atoms with Crippen molar-refractivity contribution in [2.24, 2.45) is 11.3 Å². The molecule has 1 aromatic rings. The van der Waals surface area contributed by atoms with E-state index in [4.69, 9.17) is 23.4 Å². The third-order valence-electron chi connectivity index (χ3n) is 8.94. The Bertz CT molecular complexity index is 849. The second-order valence-corrected chi connectivity index (χ2v) is 17.6. The van der Waals surface area contributed by atoms with Crippen LogP contribution >= 0.6 is 0 Å². The maximum atomic E-state index is 11.2. The largest absolute Gasteiger partial charge is 0.410 e. The molecule has 0 saturated carbocycles. The van der Waals surface area contributed by atoms with Gasteiger partial charge in [0, 0.05) is 24.4 Å². The van der Waals surface area contributed by atoms with Gasteiger partial charge in [0.2, 0.25) is 0 Å². The maximum Gasteiger partial charge on any atom is 0.192 e. The molecule has 3 fully saturated rings. The highest BCUT2D eigenvalue weighted by molar-refractivity contribution is 6.74. The summed E-state index contributed by atoms with van der Waals surface area (Å²) in [4.78, 5) is 0. The van der Waals surface area contributed by atoms with Gasteiger partial charge in [-0.25, -0.2) is 0 Å². The van der Waals surface area contributed by atoms with Gasteiger partial charge in [-0.05, 0) is 30.1 Å². The molecule has 0 radical (unpaired) electrons. The molecule has 198 valence electrons. The van der Waals surface area contributed by atoms with Gasteiger partial charge in [0.1, 0.15) is 12.2 Å². The van der Waals surface area contributed by atoms with Crippen molar-refractivity contribution in [3.63, 3.8) is 0 Å². The van der Waals surface area contributed by atoms with Crippen LogP contribution in [0, 0.1) is 11.3 Å². The van der Waals surface area contributed by atoms with E-state index in [1.54, 1.807) is 0 Å². The summed E-state index contributed by atoms with van der Waals surface area (Å²) >= 11 is 0. The maximum absolute atomic E-state index is 11.2. The third kappa shape index (κ3) is 5.42. The van der Waals surface area contributed by atoms with Gasteiger partial charge in [0.25, 0.3) is 0 Å². The van der Waals surface area contributed by atoms with Crippen molar-refractivity contribution in [2.75, 3.05) is 13.2 Å². The van der Waals surface area contributed by atoms with Crippen molar-refractivity contribution >= 4 is 8.32 Å². The van der Waals surface area contributed by atoms with Gasteiger partial charge in [-0.15, -0.1) is 0 Å². The molecule has 0 unspecified atom stereocenters. The minimum absolute atomic E-state index is 0.00339. The van der Waals surface area contributed by atoms with Crippen LogP contribution in [0.15, 0.2) is 30.3 Å². The summed E-state index contributed by atoms with van der Waals surface area (Å²) in [5.41, 5.74) is 0.698. The molecule has 3 saturated heterocycles. The van der Waals surface area contributed by atoms with Gasteiger partial charge in [-0.3, -0.25) is 0 Å². The number of ether oxygens (including phenoxy) is 4. The lowest BCUT2D eigenvalue weighted by Gasteiger charge is -2.51. The summed E-state index contributed by atoms with van der Waals surface area (Å²) in [7, 11) is -2.08. The van der Waals surface area contributed by atoms with Crippen LogP contribution in [-0.2, 0) is 30.0 Å². The minimum atomic E-state index is -2.08. The number of aliphatic hydroxyl groups is 1. The smallest absolute Gasteiger partial charge is 0.192 e. The van der Waals surface area contributed by atoms with Crippen LogP contribution in [-0.4, -0.2) is 62.9 Å². The summed E-state index contributed by atoms with van der Waals surface area (Å²) in [6.45, 7) is 19.6. The van der Waals surface area contributed by atoms with Crippen LogP contribution in [0.2, 0.25) is 18.1 Å². The summed E-state index contributed by atoms with van der Waals surface area (Å²) < 4.78 is 32.3. The molecule has 7 heteroatoms. The zero-order valence-electron chi connectivity index (χ0n) is 22.9. The van der Waals surface area contributed by atoms with Crippen LogP contribution in [0.25, 0.3) is 0 Å². The molecular formula is C28H46O6Si. The molecule has 7 atom stereocenters. The normalized spacial score (nSPS) is 37.1. The van der Waals surface area contributed by atoms with E-state index < -0.39 is 25.6 Å². The molecular weight excluding hydrogens is 460 g/mol. The molecule has 1 N–H and O–H groups in total. The lowest BCUT2D eigenvalue weighted by Crippen LogP contribution is -2.59. The summed E-state index contributed by atoms with van der Waals surface area (Å²) in [5.74, 6) is -0.927. The molecule has 0 bridgehead atoms. The van der Waals surface area contributed by atoms with Crippen molar-refractivity contribution in [3.05, 3.63) is 35.9 Å². The fraction of sp³-hybridized carbons (Fsp3) is 0.786. The highest BCUT2D eigenvalue weighted by Gasteiger charge is 2.68. The molecule has 1 aromatic carbocycles. The molecule has 3 heterocycles. The first kappa shape index (κ1) is 27.2. The Balaban J connectivity index is 1.50. The van der Waals surface area contributed by atoms with E-state index >= 15 is 0 Å². The first-order valence-corrected chi connectivity index (χ1v) is 16.1. The van der Waals surface area contributed by atoms with Crippen LogP contribution in [0.1, 0.15) is 59.9 Å². The number of epoxide rings is 1. The molecule has 6 nitrogen and oxygen atoms in total. The Morgan fingerprint density at radius 2 is 1.77 bits per heavy atom. The van der Waals surface area contributed by atoms with E-state index in [0.717, 1.165) is 5.56 Å². The Labute approximate surface area is 212 Å². The van der Waals surface area contributed by atoms with Crippen molar-refractivity contribution in [1.82, 2.24) is 0 Å². The van der Waals surface area contributed by atoms with E-state index in [-0.39, 0.29) is 35.4 Å². The second kappa shape index (κ2) is 9.82. The summed E-state index contributed by atoms with van der Waals surface area (Å²) in [6, 6.07) is 10.2. The predicted molar refractivity (Wildman–Crippen MR) is 139 cm³/mol. The molecule has 3 aliphatic heterocycles. The predicted octanol–water partition coefficient (Wildman–Crippen LogP) is 5.29. The van der Waals surface area contributed by atoms with Crippen molar-refractivity contribution in [3.8, 4) is 0 Å². The van der Waals surface area contributed by atoms with E-state index in [2.05, 4.69) is 66.8 Å². The number of rotatable bonds is 8. The fourth-order valence-corrected chi connectivity index (χ4v) is 6.59. The standard InChI is InChI=1S/C28H46O6Si/c1-19-21(29)16-28(32-22(19)14-15-30-17-20-12-10-9-11-13-20)27(5,6)25(24(33-28)23-18-31-23)34-35(7,8)26(2,3)4/h9-13,19,21-25,29H,14-18H2,1-8H3/t19-,21+,22-,23-,24+,25-,28+/m1/s1. The van der Waals surface area contributed by atoms with Crippen molar-refractivity contribution < 1.29 is 28.5 Å². The Morgan fingerprint density at radius 3 is 2.37 bits per heavy atom. The van der Waals surface area contributed by atoms with E-state index in [1.165, 1.54) is 0 Å². The van der Waals surface area contributed by atoms with Crippen LogP contribution in [0.3, 0.4) is 0 Å². The van der Waals surface area contributed by atoms with Crippen molar-refractivity contribution in [2.45, 2.75) is 115 Å². The Kier molecular flexibility index (Phi) is 7.64. The third-order valence-corrected chi connectivity index (χ3v) is 13.4. The van der Waals surface area contributed by atoms with Gasteiger partial charge in [-0.1, -0.05) is 71.9 Å².